The smallest absolute Gasteiger partial charge is 0.318 e. The van der Waals surface area contributed by atoms with Gasteiger partial charge in [0.25, 0.3) is 5.91 Å². The third-order valence-corrected chi connectivity index (χ3v) is 10.2. The van der Waals surface area contributed by atoms with E-state index in [0.717, 1.165) is 48.4 Å². The number of para-hydroxylation sites is 1. The van der Waals surface area contributed by atoms with Crippen LogP contribution < -0.4 is 26.6 Å². The molecule has 3 heterocycles. The first-order valence-corrected chi connectivity index (χ1v) is 17.8. The number of urea groups is 1. The van der Waals surface area contributed by atoms with E-state index < -0.39 is 6.04 Å². The zero-order valence-electron chi connectivity index (χ0n) is 29.0. The Morgan fingerprint density at radius 3 is 2.17 bits per heavy atom. The van der Waals surface area contributed by atoms with Crippen LogP contribution in [0.3, 0.4) is 0 Å². The maximum atomic E-state index is 13.6. The summed E-state index contributed by atoms with van der Waals surface area (Å²) in [6.07, 6.45) is 4.50. The molecule has 264 valence electrons. The van der Waals surface area contributed by atoms with Crippen LogP contribution in [0, 0.1) is 5.41 Å². The van der Waals surface area contributed by atoms with E-state index in [0.29, 0.717) is 48.6 Å². The van der Waals surface area contributed by atoms with Crippen LogP contribution in [-0.4, -0.2) is 60.0 Å². The van der Waals surface area contributed by atoms with E-state index in [1.165, 1.54) is 0 Å². The minimum Gasteiger partial charge on any atom is -0.397 e. The number of carbonyl (C=O) groups excluding carboxylic acids is 3. The number of carbonyl (C=O) groups is 3. The Balaban J connectivity index is 0.985. The van der Waals surface area contributed by atoms with E-state index in [2.05, 4.69) is 25.8 Å². The van der Waals surface area contributed by atoms with Crippen molar-refractivity contribution in [2.24, 2.45) is 5.41 Å². The summed E-state index contributed by atoms with van der Waals surface area (Å²) < 4.78 is 0. The van der Waals surface area contributed by atoms with E-state index in [4.69, 9.17) is 5.73 Å². The summed E-state index contributed by atoms with van der Waals surface area (Å²) in [5.74, 6) is 0.318. The van der Waals surface area contributed by atoms with Gasteiger partial charge in [-0.2, -0.15) is 0 Å². The lowest BCUT2D eigenvalue weighted by Gasteiger charge is -2.39. The number of rotatable bonds is 9. The second-order valence-electron chi connectivity index (χ2n) is 13.7. The zero-order valence-corrected chi connectivity index (χ0v) is 29.0. The summed E-state index contributed by atoms with van der Waals surface area (Å²) in [6.45, 7) is 2.43. The predicted octanol–water partition coefficient (Wildman–Crippen LogP) is 6.84. The number of anilines is 4. The van der Waals surface area contributed by atoms with Gasteiger partial charge in [-0.05, 0) is 84.2 Å². The normalized spacial score (nSPS) is 16.3. The maximum absolute atomic E-state index is 13.6. The quantitative estimate of drug-likeness (QED) is 0.125. The molecular weight excluding hydrogens is 651 g/mol. The van der Waals surface area contributed by atoms with Crippen molar-refractivity contribution in [1.29, 1.82) is 0 Å². The molecule has 2 fully saturated rings. The molecule has 5 N–H and O–H groups in total. The van der Waals surface area contributed by atoms with Gasteiger partial charge in [-0.25, -0.2) is 9.78 Å². The van der Waals surface area contributed by atoms with Crippen molar-refractivity contribution in [3.05, 3.63) is 139 Å². The molecule has 4 aromatic carbocycles. The summed E-state index contributed by atoms with van der Waals surface area (Å²) in [4.78, 5) is 49.0. The summed E-state index contributed by atoms with van der Waals surface area (Å²) in [7, 11) is 0. The van der Waals surface area contributed by atoms with E-state index in [9.17, 15) is 14.4 Å². The van der Waals surface area contributed by atoms with Gasteiger partial charge in [-0.3, -0.25) is 9.59 Å². The van der Waals surface area contributed by atoms with Crippen LogP contribution in [0.15, 0.2) is 128 Å². The molecule has 0 radical (unpaired) electrons. The molecule has 0 saturated carbocycles. The van der Waals surface area contributed by atoms with Crippen LogP contribution in [-0.2, 0) is 11.2 Å². The van der Waals surface area contributed by atoms with Gasteiger partial charge in [-0.15, -0.1) is 0 Å². The highest BCUT2D eigenvalue weighted by Crippen LogP contribution is 2.44. The topological polar surface area (TPSA) is 133 Å². The van der Waals surface area contributed by atoms with E-state index in [-0.39, 0.29) is 23.3 Å². The number of hydrogen-bond acceptors (Lipinski definition) is 6. The largest absolute Gasteiger partial charge is 0.397 e. The van der Waals surface area contributed by atoms with Crippen LogP contribution in [0.2, 0.25) is 0 Å². The molecule has 10 heteroatoms. The minimum atomic E-state index is -0.582. The van der Waals surface area contributed by atoms with Crippen LogP contribution >= 0.6 is 0 Å². The first-order chi connectivity index (χ1) is 25.4. The maximum Gasteiger partial charge on any atom is 0.318 e. The van der Waals surface area contributed by atoms with E-state index in [1.54, 1.807) is 23.2 Å². The summed E-state index contributed by atoms with van der Waals surface area (Å²) >= 11 is 0. The lowest BCUT2D eigenvalue weighted by molar-refractivity contribution is -0.119. The van der Waals surface area contributed by atoms with Crippen molar-refractivity contribution >= 4 is 40.7 Å². The van der Waals surface area contributed by atoms with Crippen molar-refractivity contribution in [2.45, 2.75) is 31.7 Å². The number of hydrogen-bond donors (Lipinski definition) is 4. The van der Waals surface area contributed by atoms with Crippen molar-refractivity contribution in [3.8, 4) is 11.1 Å². The molecule has 1 aromatic heterocycles. The lowest BCUT2D eigenvalue weighted by atomic mass is 9.76. The first-order valence-electron chi connectivity index (χ1n) is 17.8. The monoisotopic (exact) mass is 693 g/mol. The van der Waals surface area contributed by atoms with Crippen molar-refractivity contribution in [3.63, 3.8) is 0 Å². The molecule has 5 aromatic rings. The Labute approximate surface area is 304 Å². The number of likely N-dealkylation sites (tertiary alicyclic amines) is 1. The first kappa shape index (κ1) is 34.3. The fraction of sp³-hybridized carbons (Fsp3) is 0.238. The number of pyridine rings is 1. The molecule has 2 aliphatic rings. The molecule has 0 aliphatic carbocycles. The van der Waals surface area contributed by atoms with Gasteiger partial charge in [0, 0.05) is 38.1 Å². The van der Waals surface area contributed by atoms with Crippen LogP contribution in [0.1, 0.15) is 35.2 Å². The average Bonchev–Trinajstić information content (AvgIpc) is 3.56. The highest BCUT2D eigenvalue weighted by atomic mass is 16.2. The molecule has 1 atom stereocenters. The molecule has 7 rings (SSSR count). The molecule has 1 spiro atoms. The van der Waals surface area contributed by atoms with E-state index >= 15 is 0 Å². The van der Waals surface area contributed by atoms with Gasteiger partial charge >= 0.3 is 6.03 Å². The molecule has 0 bridgehead atoms. The Morgan fingerprint density at radius 1 is 0.788 bits per heavy atom. The molecule has 2 saturated heterocycles. The van der Waals surface area contributed by atoms with Gasteiger partial charge in [0.2, 0.25) is 5.91 Å². The van der Waals surface area contributed by atoms with Gasteiger partial charge in [0.1, 0.15) is 11.9 Å². The average molecular weight is 694 g/mol. The van der Waals surface area contributed by atoms with Gasteiger partial charge in [0.15, 0.2) is 0 Å². The predicted molar refractivity (Wildman–Crippen MR) is 206 cm³/mol. The van der Waals surface area contributed by atoms with Crippen LogP contribution in [0.25, 0.3) is 11.1 Å². The standard InChI is InChI=1S/C42H43N7O3/c43-35-18-16-32(31-12-6-2-7-13-31)26-36(35)47-39(50)33-17-19-38(45-28-33)48-24-21-42(22-25-48)27-37(40(51)46-34-14-8-3-9-15-34)49(29-42)41(52)44-23-20-30-10-4-1-5-11-30/h1-19,26,28,37H,20-25,27,29,43H2,(H,44,52)(H,46,51)(H,47,50). The highest BCUT2D eigenvalue weighted by Gasteiger charge is 2.50. The second-order valence-corrected chi connectivity index (χ2v) is 13.7. The van der Waals surface area contributed by atoms with Crippen LogP contribution in [0.5, 0.6) is 0 Å². The summed E-state index contributed by atoms with van der Waals surface area (Å²) in [5.41, 5.74) is 11.3. The van der Waals surface area contributed by atoms with Crippen molar-refractivity contribution in [1.82, 2.24) is 15.2 Å². The number of nitrogens with one attached hydrogen (secondary N) is 3. The summed E-state index contributed by atoms with van der Waals surface area (Å²) in [6, 6.07) is 37.8. The molecule has 52 heavy (non-hydrogen) atoms. The number of benzene rings is 4. The molecule has 1 unspecified atom stereocenters. The molecule has 10 nitrogen and oxygen atoms in total. The van der Waals surface area contributed by atoms with Crippen molar-refractivity contribution in [2.75, 3.05) is 47.4 Å². The fourth-order valence-electron chi connectivity index (χ4n) is 7.26. The molecular formula is C42H43N7O3. The van der Waals surface area contributed by atoms with Gasteiger partial charge in [-0.1, -0.05) is 84.9 Å². The second kappa shape index (κ2) is 15.4. The Morgan fingerprint density at radius 2 is 1.48 bits per heavy atom. The van der Waals surface area contributed by atoms with E-state index in [1.807, 2.05) is 109 Å². The van der Waals surface area contributed by atoms with Gasteiger partial charge < -0.3 is 31.5 Å². The Hall–Kier alpha value is -6.16. The SMILES string of the molecule is Nc1ccc(-c2ccccc2)cc1NC(=O)c1ccc(N2CCC3(CC2)CC(C(=O)Nc2ccccc2)N(C(=O)NCCc2ccccc2)C3)nc1. The fourth-order valence-corrected chi connectivity index (χ4v) is 7.26. The number of piperidine rings is 1. The number of nitrogens with two attached hydrogens (primary N) is 1. The highest BCUT2D eigenvalue weighted by molar-refractivity contribution is 6.06. The molecule has 4 amide bonds. The number of nitrogen functional groups attached to an aromatic ring is 1. The molecule has 2 aliphatic heterocycles. The van der Waals surface area contributed by atoms with Crippen LogP contribution in [0.4, 0.5) is 27.7 Å². The third kappa shape index (κ3) is 7.91. The zero-order chi connectivity index (χ0) is 35.9. The Kier molecular flexibility index (Phi) is 10.1. The third-order valence-electron chi connectivity index (χ3n) is 10.2. The summed E-state index contributed by atoms with van der Waals surface area (Å²) in [5, 5.41) is 9.04. The number of aromatic nitrogens is 1. The lowest BCUT2D eigenvalue weighted by Crippen LogP contribution is -2.48. The Bertz CT molecular complexity index is 2000. The van der Waals surface area contributed by atoms with Gasteiger partial charge in [0.05, 0.1) is 16.9 Å². The number of nitrogens with zero attached hydrogens (tertiary/aromatic N) is 3. The van der Waals surface area contributed by atoms with Crippen molar-refractivity contribution < 1.29 is 14.4 Å². The minimum absolute atomic E-state index is 0.173. The number of amides is 4.